The van der Waals surface area contributed by atoms with Gasteiger partial charge in [0.1, 0.15) is 40.1 Å². The Morgan fingerprint density at radius 3 is 1.63 bits per heavy atom. The van der Waals surface area contributed by atoms with Crippen LogP contribution in [0.15, 0.2) is 121 Å². The molecule has 0 aliphatic rings. The van der Waals surface area contributed by atoms with Gasteiger partial charge in [-0.1, -0.05) is 66.2 Å². The first kappa shape index (κ1) is 46.7. The summed E-state index contributed by atoms with van der Waals surface area (Å²) in [5.41, 5.74) is 2.14. The van der Waals surface area contributed by atoms with E-state index in [4.69, 9.17) is 21.1 Å². The molecule has 0 aliphatic heterocycles. The number of carbonyl (C=O) groups excluding carboxylic acids is 2. The molecule has 2 amide bonds. The van der Waals surface area contributed by atoms with Crippen LogP contribution >= 0.6 is 11.6 Å². The molecule has 0 radical (unpaired) electrons. The highest BCUT2D eigenvalue weighted by atomic mass is 35.5. The zero-order valence-electron chi connectivity index (χ0n) is 33.7. The summed E-state index contributed by atoms with van der Waals surface area (Å²) in [6.07, 6.45) is -5.25. The zero-order valence-corrected chi connectivity index (χ0v) is 34.5. The Bertz CT molecular complexity index is 2610. The van der Waals surface area contributed by atoms with Crippen LogP contribution in [0.3, 0.4) is 0 Å². The van der Waals surface area contributed by atoms with Crippen LogP contribution in [-0.4, -0.2) is 58.2 Å². The molecule has 0 unspecified atom stereocenters. The molecule has 0 saturated heterocycles. The van der Waals surface area contributed by atoms with Crippen molar-refractivity contribution in [2.24, 2.45) is 0 Å². The van der Waals surface area contributed by atoms with E-state index in [1.807, 2.05) is 0 Å². The van der Waals surface area contributed by atoms with Gasteiger partial charge in [-0.2, -0.15) is 13.2 Å². The highest BCUT2D eigenvalue weighted by Gasteiger charge is 2.31. The quantitative estimate of drug-likeness (QED) is 0.0771. The standard InChI is InChI=1S/C24H21F3N2O4.C22H18ClFN2O4/c1-14-6-3-4-9-17(14)19(13-21(30)31)29-23(32)18-10-11-20(33-2)22(28-18)15-7-5-8-16(12-15)24(25,26)27;1-30-19-11-10-17(25-21(19)13-6-8-14(24)9-7-13)22(29)26-18(12-20(27)28)15-4-2-3-5-16(15)23/h3-12,19H,13H2,1-2H3,(H,29,32)(H,30,31);2-11,18H,12H2,1H3,(H,26,29)(H,27,28)/t19-;18-/m00/s1. The van der Waals surface area contributed by atoms with Crippen LogP contribution in [0.25, 0.3) is 22.5 Å². The van der Waals surface area contributed by atoms with Crippen LogP contribution in [0.4, 0.5) is 17.6 Å². The van der Waals surface area contributed by atoms with Crippen molar-refractivity contribution >= 4 is 35.4 Å². The largest absolute Gasteiger partial charge is 0.494 e. The Kier molecular flexibility index (Phi) is 15.6. The number of pyridine rings is 2. The highest BCUT2D eigenvalue weighted by Crippen LogP contribution is 2.35. The van der Waals surface area contributed by atoms with Gasteiger partial charge in [0.25, 0.3) is 11.8 Å². The van der Waals surface area contributed by atoms with E-state index in [0.717, 1.165) is 17.7 Å². The van der Waals surface area contributed by atoms with Gasteiger partial charge in [-0.3, -0.25) is 19.2 Å². The van der Waals surface area contributed by atoms with Gasteiger partial charge in [0.2, 0.25) is 0 Å². The molecule has 6 rings (SSSR count). The molecule has 17 heteroatoms. The second-order valence-electron chi connectivity index (χ2n) is 13.7. The number of aliphatic carboxylic acids is 2. The van der Waals surface area contributed by atoms with Crippen molar-refractivity contribution in [1.29, 1.82) is 0 Å². The minimum absolute atomic E-state index is 0.0533. The number of aryl methyl sites for hydroxylation is 1. The highest BCUT2D eigenvalue weighted by molar-refractivity contribution is 6.31. The van der Waals surface area contributed by atoms with Crippen molar-refractivity contribution in [1.82, 2.24) is 20.6 Å². The molecule has 0 aliphatic carbocycles. The second kappa shape index (κ2) is 21.0. The third-order valence-corrected chi connectivity index (χ3v) is 9.76. The number of hydrogen-bond acceptors (Lipinski definition) is 8. The van der Waals surface area contributed by atoms with E-state index in [1.54, 1.807) is 61.5 Å². The van der Waals surface area contributed by atoms with Crippen LogP contribution in [-0.2, 0) is 15.8 Å². The van der Waals surface area contributed by atoms with Crippen LogP contribution in [0, 0.1) is 12.7 Å². The van der Waals surface area contributed by atoms with E-state index >= 15 is 0 Å². The molecule has 326 valence electrons. The molecule has 0 saturated carbocycles. The molecule has 63 heavy (non-hydrogen) atoms. The molecule has 0 fully saturated rings. The lowest BCUT2D eigenvalue weighted by Crippen LogP contribution is -2.31. The molecule has 4 N–H and O–H groups in total. The first-order chi connectivity index (χ1) is 30.0. The molecule has 0 spiro atoms. The van der Waals surface area contributed by atoms with Crippen molar-refractivity contribution in [3.8, 4) is 34.0 Å². The summed E-state index contributed by atoms with van der Waals surface area (Å²) in [5, 5.41) is 24.2. The van der Waals surface area contributed by atoms with Gasteiger partial charge < -0.3 is 30.3 Å². The summed E-state index contributed by atoms with van der Waals surface area (Å²) in [6.45, 7) is 1.80. The lowest BCUT2D eigenvalue weighted by Gasteiger charge is -2.19. The summed E-state index contributed by atoms with van der Waals surface area (Å²) in [7, 11) is 2.80. The average Bonchev–Trinajstić information content (AvgIpc) is 3.25. The molecule has 6 aromatic rings. The van der Waals surface area contributed by atoms with Gasteiger partial charge >= 0.3 is 18.1 Å². The Hall–Kier alpha value is -7.33. The first-order valence-electron chi connectivity index (χ1n) is 18.9. The van der Waals surface area contributed by atoms with Crippen molar-refractivity contribution in [3.05, 3.63) is 166 Å². The predicted molar refractivity (Wildman–Crippen MR) is 225 cm³/mol. The number of carboxylic acid groups (broad SMARTS) is 2. The number of carboxylic acids is 2. The van der Waals surface area contributed by atoms with E-state index in [1.165, 1.54) is 68.8 Å². The number of methoxy groups -OCH3 is 2. The van der Waals surface area contributed by atoms with Gasteiger partial charge in [-0.05, 0) is 90.3 Å². The Morgan fingerprint density at radius 1 is 0.651 bits per heavy atom. The normalized spacial score (nSPS) is 11.9. The Morgan fingerprint density at radius 2 is 1.14 bits per heavy atom. The SMILES string of the molecule is COc1ccc(C(=O)N[C@@H](CC(=O)O)c2ccccc2C)nc1-c1cccc(C(F)(F)F)c1.COc1ccc(C(=O)N[C@@H](CC(=O)O)c2ccccc2Cl)nc1-c1ccc(F)cc1. The monoisotopic (exact) mass is 886 g/mol. The molecule has 4 aromatic carbocycles. The van der Waals surface area contributed by atoms with E-state index in [-0.39, 0.29) is 41.2 Å². The number of alkyl halides is 3. The summed E-state index contributed by atoms with van der Waals surface area (Å²) in [5.74, 6) is -3.24. The average molecular weight is 887 g/mol. The van der Waals surface area contributed by atoms with Crippen LogP contribution in [0.1, 0.15) is 68.2 Å². The number of carbonyl (C=O) groups is 4. The van der Waals surface area contributed by atoms with Crippen LogP contribution < -0.4 is 20.1 Å². The third kappa shape index (κ3) is 12.4. The summed E-state index contributed by atoms with van der Waals surface area (Å²) in [6, 6.07) is 28.1. The van der Waals surface area contributed by atoms with Crippen LogP contribution in [0.5, 0.6) is 11.5 Å². The van der Waals surface area contributed by atoms with Crippen molar-refractivity contribution < 1.29 is 56.4 Å². The number of benzene rings is 4. The number of aromatic nitrogens is 2. The maximum atomic E-state index is 13.3. The first-order valence-corrected chi connectivity index (χ1v) is 19.3. The molecular weight excluding hydrogens is 848 g/mol. The summed E-state index contributed by atoms with van der Waals surface area (Å²) in [4.78, 5) is 57.1. The van der Waals surface area contributed by atoms with E-state index in [0.29, 0.717) is 33.2 Å². The van der Waals surface area contributed by atoms with Gasteiger partial charge in [-0.25, -0.2) is 14.4 Å². The van der Waals surface area contributed by atoms with E-state index < -0.39 is 53.4 Å². The number of nitrogens with zero attached hydrogens (tertiary/aromatic N) is 2. The predicted octanol–water partition coefficient (Wildman–Crippen LogP) is 9.53. The van der Waals surface area contributed by atoms with Gasteiger partial charge in [-0.15, -0.1) is 0 Å². The fraction of sp³-hybridized carbons (Fsp3) is 0.174. The molecule has 2 atom stereocenters. The van der Waals surface area contributed by atoms with Gasteiger partial charge in [0.05, 0.1) is 44.7 Å². The molecule has 0 bridgehead atoms. The number of amides is 2. The molecule has 2 heterocycles. The minimum atomic E-state index is -4.55. The lowest BCUT2D eigenvalue weighted by atomic mass is 9.98. The topological polar surface area (TPSA) is 177 Å². The number of hydrogen-bond donors (Lipinski definition) is 4. The number of rotatable bonds is 14. The molecular formula is C46H39ClF4N4O8. The van der Waals surface area contributed by atoms with Crippen molar-refractivity contribution in [2.75, 3.05) is 14.2 Å². The lowest BCUT2D eigenvalue weighted by molar-refractivity contribution is -0.138. The summed E-state index contributed by atoms with van der Waals surface area (Å²) >= 11 is 6.18. The second-order valence-corrected chi connectivity index (χ2v) is 14.1. The minimum Gasteiger partial charge on any atom is -0.494 e. The van der Waals surface area contributed by atoms with Crippen molar-refractivity contribution in [2.45, 2.75) is 38.0 Å². The fourth-order valence-electron chi connectivity index (χ4n) is 6.37. The van der Waals surface area contributed by atoms with Crippen LogP contribution in [0.2, 0.25) is 5.02 Å². The smallest absolute Gasteiger partial charge is 0.416 e. The maximum absolute atomic E-state index is 13.3. The Labute approximate surface area is 363 Å². The summed E-state index contributed by atoms with van der Waals surface area (Å²) < 4.78 is 63.2. The number of ether oxygens (including phenoxy) is 2. The van der Waals surface area contributed by atoms with E-state index in [2.05, 4.69) is 20.6 Å². The van der Waals surface area contributed by atoms with E-state index in [9.17, 15) is 47.0 Å². The molecule has 12 nitrogen and oxygen atoms in total. The maximum Gasteiger partial charge on any atom is 0.416 e. The van der Waals surface area contributed by atoms with Gasteiger partial charge in [0, 0.05) is 16.1 Å². The van der Waals surface area contributed by atoms with Crippen molar-refractivity contribution in [3.63, 3.8) is 0 Å². The fourth-order valence-corrected chi connectivity index (χ4v) is 6.63. The number of halogens is 5. The molecule has 2 aromatic heterocycles. The number of nitrogens with one attached hydrogen (secondary N) is 2. The Balaban J connectivity index is 0.000000239. The third-order valence-electron chi connectivity index (χ3n) is 9.42. The zero-order chi connectivity index (χ0) is 45.8. The van der Waals surface area contributed by atoms with Gasteiger partial charge in [0.15, 0.2) is 0 Å².